The van der Waals surface area contributed by atoms with E-state index in [0.717, 1.165) is 44.4 Å². The van der Waals surface area contributed by atoms with Crippen LogP contribution in [-0.4, -0.2) is 58.1 Å². The number of carboxylic acid groups (broad SMARTS) is 1. The lowest BCUT2D eigenvalue weighted by Crippen LogP contribution is -2.41. The number of fused-ring (bicyclic) bond motifs is 1. The summed E-state index contributed by atoms with van der Waals surface area (Å²) in [7, 11) is 0. The van der Waals surface area contributed by atoms with Crippen molar-refractivity contribution < 1.29 is 32.2 Å². The Bertz CT molecular complexity index is 901. The van der Waals surface area contributed by atoms with Crippen LogP contribution in [0, 0.1) is 11.8 Å². The maximum atomic E-state index is 10.6. The Morgan fingerprint density at radius 2 is 1.88 bits per heavy atom. The molecule has 1 aliphatic carbocycles. The summed E-state index contributed by atoms with van der Waals surface area (Å²) in [5.41, 5.74) is 1.40. The highest BCUT2D eigenvalue weighted by atomic mass is 19.4. The number of aromatic nitrogens is 2. The summed E-state index contributed by atoms with van der Waals surface area (Å²) in [4.78, 5) is 11.5. The van der Waals surface area contributed by atoms with Gasteiger partial charge in [0.2, 0.25) is 11.8 Å². The normalized spacial score (nSPS) is 25.7. The number of nitrogens with zero attached hydrogens (tertiary/aromatic N) is 3. The Hall–Kier alpha value is -2.46. The van der Waals surface area contributed by atoms with Gasteiger partial charge < -0.3 is 14.3 Å². The number of hydrogen-bond acceptors (Lipinski definition) is 6. The van der Waals surface area contributed by atoms with Crippen LogP contribution in [-0.2, 0) is 22.5 Å². The van der Waals surface area contributed by atoms with Gasteiger partial charge >= 0.3 is 12.1 Å². The largest absolute Gasteiger partial charge is 0.490 e. The molecule has 3 atom stereocenters. The summed E-state index contributed by atoms with van der Waals surface area (Å²) >= 11 is 0. The van der Waals surface area contributed by atoms with E-state index in [9.17, 15) is 13.2 Å². The lowest BCUT2D eigenvalue weighted by Gasteiger charge is -2.35. The second kappa shape index (κ2) is 9.58. The number of aliphatic carboxylic acids is 1. The van der Waals surface area contributed by atoms with Crippen molar-refractivity contribution >= 4 is 5.97 Å². The lowest BCUT2D eigenvalue weighted by atomic mass is 9.83. The van der Waals surface area contributed by atoms with Crippen LogP contribution in [0.15, 0.2) is 34.7 Å². The first-order chi connectivity index (χ1) is 15.3. The van der Waals surface area contributed by atoms with Crippen LogP contribution in [0.5, 0.6) is 0 Å². The van der Waals surface area contributed by atoms with E-state index in [1.165, 1.54) is 24.8 Å². The van der Waals surface area contributed by atoms with E-state index in [1.807, 2.05) is 0 Å². The molecule has 174 valence electrons. The fourth-order valence-corrected chi connectivity index (χ4v) is 4.37. The van der Waals surface area contributed by atoms with Crippen molar-refractivity contribution in [3.63, 3.8) is 0 Å². The van der Waals surface area contributed by atoms with Crippen molar-refractivity contribution in [3.05, 3.63) is 47.7 Å². The molecule has 0 spiro atoms. The van der Waals surface area contributed by atoms with Crippen molar-refractivity contribution in [2.45, 2.75) is 50.4 Å². The molecule has 7 nitrogen and oxygen atoms in total. The van der Waals surface area contributed by atoms with Gasteiger partial charge in [0.1, 0.15) is 0 Å². The molecule has 2 saturated heterocycles. The lowest BCUT2D eigenvalue weighted by molar-refractivity contribution is -0.192. The molecule has 1 N–H and O–H groups in total. The highest BCUT2D eigenvalue weighted by Crippen LogP contribution is 2.40. The van der Waals surface area contributed by atoms with E-state index in [0.29, 0.717) is 17.8 Å². The summed E-state index contributed by atoms with van der Waals surface area (Å²) in [5.74, 6) is 0.630. The number of halogens is 3. The summed E-state index contributed by atoms with van der Waals surface area (Å²) < 4.78 is 43.7. The molecule has 1 aromatic heterocycles. The third-order valence-corrected chi connectivity index (χ3v) is 6.16. The predicted molar refractivity (Wildman–Crippen MR) is 107 cm³/mol. The van der Waals surface area contributed by atoms with E-state index < -0.39 is 12.1 Å². The number of alkyl halides is 3. The van der Waals surface area contributed by atoms with Gasteiger partial charge in [-0.05, 0) is 37.3 Å². The molecule has 0 radical (unpaired) electrons. The molecule has 3 fully saturated rings. The first-order valence-electron chi connectivity index (χ1n) is 10.8. The van der Waals surface area contributed by atoms with Gasteiger partial charge in [0.05, 0.1) is 19.1 Å². The van der Waals surface area contributed by atoms with Crippen LogP contribution in [0.3, 0.4) is 0 Å². The Kier molecular flexibility index (Phi) is 6.80. The standard InChI is InChI=1S/C20H25N3O2.C2HF3O2/c1-2-4-14(5-3-1)11-23-9-8-17-16(12-23)13-24-18(17)10-19-21-22-20(25-19)15-6-7-15;3-2(4,5)1(6)7/h1-5,15-18H,6-13H2;(H,6,7)/t16-,17-,18+;/m1./s1. The summed E-state index contributed by atoms with van der Waals surface area (Å²) in [6.45, 7) is 4.19. The number of likely N-dealkylation sites (tertiary alicyclic amines) is 1. The van der Waals surface area contributed by atoms with Gasteiger partial charge in [-0.25, -0.2) is 4.79 Å². The number of carboxylic acids is 1. The number of ether oxygens (including phenoxy) is 1. The Balaban J connectivity index is 0.000000307. The zero-order valence-corrected chi connectivity index (χ0v) is 17.5. The minimum absolute atomic E-state index is 0.247. The number of rotatable bonds is 5. The molecule has 1 saturated carbocycles. The van der Waals surface area contributed by atoms with Crippen LogP contribution >= 0.6 is 0 Å². The smallest absolute Gasteiger partial charge is 0.475 e. The van der Waals surface area contributed by atoms with Crippen molar-refractivity contribution in [3.8, 4) is 0 Å². The monoisotopic (exact) mass is 453 g/mol. The molecule has 2 aliphatic heterocycles. The molecule has 0 bridgehead atoms. The van der Waals surface area contributed by atoms with Gasteiger partial charge in [-0.15, -0.1) is 10.2 Å². The molecule has 0 unspecified atom stereocenters. The SMILES string of the molecule is O=C(O)C(F)(F)F.c1ccc(CN2CC[C@@H]3[C@@H](CO[C@H]3Cc3nnc(C4CC4)o3)C2)cc1. The van der Waals surface area contributed by atoms with Gasteiger partial charge in [-0.2, -0.15) is 13.2 Å². The molecular weight excluding hydrogens is 427 g/mol. The number of benzene rings is 1. The van der Waals surface area contributed by atoms with E-state index >= 15 is 0 Å². The number of hydrogen-bond donors (Lipinski definition) is 1. The molecule has 3 aliphatic rings. The van der Waals surface area contributed by atoms with Gasteiger partial charge in [-0.1, -0.05) is 30.3 Å². The summed E-state index contributed by atoms with van der Waals surface area (Å²) in [5, 5.41) is 15.6. The first kappa shape index (κ1) is 22.7. The first-order valence-corrected chi connectivity index (χ1v) is 10.8. The van der Waals surface area contributed by atoms with Crippen molar-refractivity contribution in [2.75, 3.05) is 19.7 Å². The summed E-state index contributed by atoms with van der Waals surface area (Å²) in [6, 6.07) is 10.8. The maximum Gasteiger partial charge on any atom is 0.490 e. The van der Waals surface area contributed by atoms with Crippen LogP contribution in [0.2, 0.25) is 0 Å². The van der Waals surface area contributed by atoms with E-state index in [2.05, 4.69) is 45.4 Å². The molecule has 1 aromatic carbocycles. The molecule has 32 heavy (non-hydrogen) atoms. The van der Waals surface area contributed by atoms with Gasteiger partial charge in [0.15, 0.2) is 0 Å². The Morgan fingerprint density at radius 1 is 1.16 bits per heavy atom. The van der Waals surface area contributed by atoms with Crippen LogP contribution in [0.4, 0.5) is 13.2 Å². The van der Waals surface area contributed by atoms with Crippen molar-refractivity contribution in [2.24, 2.45) is 11.8 Å². The quantitative estimate of drug-likeness (QED) is 0.739. The third-order valence-electron chi connectivity index (χ3n) is 6.16. The zero-order chi connectivity index (χ0) is 22.7. The Morgan fingerprint density at radius 3 is 2.53 bits per heavy atom. The van der Waals surface area contributed by atoms with Gasteiger partial charge in [0, 0.05) is 24.9 Å². The highest BCUT2D eigenvalue weighted by Gasteiger charge is 2.41. The molecular formula is C22H26F3N3O4. The zero-order valence-electron chi connectivity index (χ0n) is 17.5. The molecule has 2 aromatic rings. The van der Waals surface area contributed by atoms with Gasteiger partial charge in [-0.3, -0.25) is 4.90 Å². The average molecular weight is 453 g/mol. The van der Waals surface area contributed by atoms with Crippen LogP contribution in [0.1, 0.15) is 42.5 Å². The minimum atomic E-state index is -5.08. The molecule has 10 heteroatoms. The minimum Gasteiger partial charge on any atom is -0.475 e. The van der Waals surface area contributed by atoms with Crippen LogP contribution < -0.4 is 0 Å². The molecule has 0 amide bonds. The van der Waals surface area contributed by atoms with E-state index in [-0.39, 0.29) is 6.10 Å². The van der Waals surface area contributed by atoms with Crippen molar-refractivity contribution in [1.29, 1.82) is 0 Å². The Labute approximate surface area is 183 Å². The highest BCUT2D eigenvalue weighted by molar-refractivity contribution is 5.73. The third kappa shape index (κ3) is 5.86. The second-order valence-electron chi connectivity index (χ2n) is 8.62. The van der Waals surface area contributed by atoms with E-state index in [1.54, 1.807) is 0 Å². The van der Waals surface area contributed by atoms with Crippen LogP contribution in [0.25, 0.3) is 0 Å². The molecule has 5 rings (SSSR count). The predicted octanol–water partition coefficient (Wildman–Crippen LogP) is 3.66. The average Bonchev–Trinajstić information content (AvgIpc) is 3.38. The summed E-state index contributed by atoms with van der Waals surface area (Å²) in [6.07, 6.45) is -0.463. The number of carbonyl (C=O) groups is 1. The fraction of sp³-hybridized carbons (Fsp3) is 0.591. The van der Waals surface area contributed by atoms with E-state index in [4.69, 9.17) is 19.1 Å². The topological polar surface area (TPSA) is 88.7 Å². The number of piperidine rings is 1. The molecule has 3 heterocycles. The maximum absolute atomic E-state index is 10.6. The van der Waals surface area contributed by atoms with Crippen molar-refractivity contribution in [1.82, 2.24) is 15.1 Å². The fourth-order valence-electron chi connectivity index (χ4n) is 4.37. The second-order valence-corrected chi connectivity index (χ2v) is 8.62. The van der Waals surface area contributed by atoms with Gasteiger partial charge in [0.25, 0.3) is 0 Å².